The van der Waals surface area contributed by atoms with Gasteiger partial charge in [-0.25, -0.2) is 8.78 Å². The summed E-state index contributed by atoms with van der Waals surface area (Å²) >= 11 is 0. The van der Waals surface area contributed by atoms with Crippen LogP contribution in [0.3, 0.4) is 0 Å². The van der Waals surface area contributed by atoms with Crippen molar-refractivity contribution in [1.29, 1.82) is 5.26 Å². The van der Waals surface area contributed by atoms with Gasteiger partial charge in [-0.15, -0.1) is 0 Å². The van der Waals surface area contributed by atoms with Gasteiger partial charge in [0.15, 0.2) is 6.29 Å². The SMILES string of the molecule is CC1COC(C2CC(F)C(C#N)C(F)C2)OC1. The normalized spacial score (nSPS) is 47.4. The molecule has 96 valence electrons. The van der Waals surface area contributed by atoms with E-state index in [9.17, 15) is 8.78 Å². The molecule has 0 spiro atoms. The van der Waals surface area contributed by atoms with Crippen molar-refractivity contribution in [1.82, 2.24) is 0 Å². The molecule has 0 N–H and O–H groups in total. The van der Waals surface area contributed by atoms with Gasteiger partial charge in [0.25, 0.3) is 0 Å². The van der Waals surface area contributed by atoms with Gasteiger partial charge in [0.2, 0.25) is 0 Å². The topological polar surface area (TPSA) is 42.2 Å². The van der Waals surface area contributed by atoms with E-state index in [0.717, 1.165) is 0 Å². The smallest absolute Gasteiger partial charge is 0.160 e. The van der Waals surface area contributed by atoms with E-state index in [1.54, 1.807) is 6.07 Å². The van der Waals surface area contributed by atoms with Gasteiger partial charge in [0.1, 0.15) is 18.3 Å². The standard InChI is InChI=1S/C12H17F2NO2/c1-7-5-16-12(17-6-7)8-2-10(13)9(4-15)11(14)3-8/h7-12H,2-3,5-6H2,1H3. The van der Waals surface area contributed by atoms with Crippen molar-refractivity contribution in [3.05, 3.63) is 0 Å². The zero-order valence-corrected chi connectivity index (χ0v) is 9.81. The molecule has 1 heterocycles. The highest BCUT2D eigenvalue weighted by atomic mass is 19.1. The first-order valence-corrected chi connectivity index (χ1v) is 6.02. The van der Waals surface area contributed by atoms with Crippen molar-refractivity contribution in [3.8, 4) is 6.07 Å². The lowest BCUT2D eigenvalue weighted by Crippen LogP contribution is -2.43. The second kappa shape index (κ2) is 5.28. The molecule has 0 aromatic rings. The number of nitriles is 1. The number of alkyl halides is 2. The molecule has 3 nitrogen and oxygen atoms in total. The second-order valence-electron chi connectivity index (χ2n) is 5.06. The number of hydrogen-bond donors (Lipinski definition) is 0. The molecule has 5 heteroatoms. The molecule has 17 heavy (non-hydrogen) atoms. The largest absolute Gasteiger partial charge is 0.352 e. The van der Waals surface area contributed by atoms with Crippen LogP contribution in [0.2, 0.25) is 0 Å². The lowest BCUT2D eigenvalue weighted by Gasteiger charge is -2.38. The third-order valence-corrected chi connectivity index (χ3v) is 3.46. The van der Waals surface area contributed by atoms with Crippen LogP contribution in [-0.4, -0.2) is 31.8 Å². The Morgan fingerprint density at radius 1 is 1.12 bits per heavy atom. The molecule has 2 unspecified atom stereocenters. The van der Waals surface area contributed by atoms with Crippen LogP contribution >= 0.6 is 0 Å². The number of hydrogen-bond acceptors (Lipinski definition) is 3. The zero-order chi connectivity index (χ0) is 12.4. The Morgan fingerprint density at radius 2 is 1.65 bits per heavy atom. The van der Waals surface area contributed by atoms with Gasteiger partial charge < -0.3 is 9.47 Å². The summed E-state index contributed by atoms with van der Waals surface area (Å²) < 4.78 is 38.1. The van der Waals surface area contributed by atoms with E-state index in [2.05, 4.69) is 0 Å². The van der Waals surface area contributed by atoms with Crippen molar-refractivity contribution in [2.24, 2.45) is 17.8 Å². The molecule has 1 aliphatic heterocycles. The maximum atomic E-state index is 13.6. The minimum absolute atomic E-state index is 0.150. The van der Waals surface area contributed by atoms with Crippen molar-refractivity contribution >= 4 is 0 Å². The summed E-state index contributed by atoms with van der Waals surface area (Å²) in [6.45, 7) is 3.13. The lowest BCUT2D eigenvalue weighted by molar-refractivity contribution is -0.232. The molecule has 2 aliphatic rings. The minimum atomic E-state index is -1.42. The van der Waals surface area contributed by atoms with Crippen molar-refractivity contribution in [2.75, 3.05) is 13.2 Å². The molecular weight excluding hydrogens is 228 g/mol. The van der Waals surface area contributed by atoms with Gasteiger partial charge in [-0.3, -0.25) is 0 Å². The summed E-state index contributed by atoms with van der Waals surface area (Å²) in [6.07, 6.45) is -3.04. The second-order valence-corrected chi connectivity index (χ2v) is 5.06. The summed E-state index contributed by atoms with van der Waals surface area (Å²) in [6, 6.07) is 1.70. The quantitative estimate of drug-likeness (QED) is 0.711. The molecule has 0 aromatic heterocycles. The predicted octanol–water partition coefficient (Wildman–Crippen LogP) is 2.22. The Balaban J connectivity index is 1.93. The average Bonchev–Trinajstić information content (AvgIpc) is 2.29. The number of rotatable bonds is 1. The lowest BCUT2D eigenvalue weighted by atomic mass is 9.79. The average molecular weight is 245 g/mol. The molecule has 1 aliphatic carbocycles. The van der Waals surface area contributed by atoms with Gasteiger partial charge in [0.05, 0.1) is 19.3 Å². The molecule has 1 saturated heterocycles. The van der Waals surface area contributed by atoms with E-state index in [4.69, 9.17) is 14.7 Å². The van der Waals surface area contributed by atoms with Crippen molar-refractivity contribution < 1.29 is 18.3 Å². The molecule has 2 fully saturated rings. The van der Waals surface area contributed by atoms with E-state index in [0.29, 0.717) is 19.1 Å². The van der Waals surface area contributed by atoms with Crippen LogP contribution < -0.4 is 0 Å². The first kappa shape index (κ1) is 12.7. The molecule has 0 radical (unpaired) electrons. The maximum Gasteiger partial charge on any atom is 0.160 e. The summed E-state index contributed by atoms with van der Waals surface area (Å²) in [5.74, 6) is -1.09. The molecule has 0 aromatic carbocycles. The van der Waals surface area contributed by atoms with Crippen LogP contribution in [0.1, 0.15) is 19.8 Å². The third kappa shape index (κ3) is 2.75. The third-order valence-electron chi connectivity index (χ3n) is 3.46. The fourth-order valence-corrected chi connectivity index (χ4v) is 2.47. The summed E-state index contributed by atoms with van der Waals surface area (Å²) in [4.78, 5) is 0. The van der Waals surface area contributed by atoms with Crippen LogP contribution in [0.25, 0.3) is 0 Å². The molecule has 2 atom stereocenters. The molecular formula is C12H17F2NO2. The highest BCUT2D eigenvalue weighted by Crippen LogP contribution is 2.37. The van der Waals surface area contributed by atoms with E-state index in [1.165, 1.54) is 0 Å². The van der Waals surface area contributed by atoms with E-state index >= 15 is 0 Å². The predicted molar refractivity (Wildman–Crippen MR) is 56.5 cm³/mol. The zero-order valence-electron chi connectivity index (χ0n) is 9.81. The number of nitrogens with zero attached hydrogens (tertiary/aromatic N) is 1. The molecule has 0 amide bonds. The van der Waals surface area contributed by atoms with Crippen molar-refractivity contribution in [2.45, 2.75) is 38.4 Å². The number of ether oxygens (including phenoxy) is 2. The molecule has 0 bridgehead atoms. The van der Waals surface area contributed by atoms with E-state index < -0.39 is 24.6 Å². The Hall–Kier alpha value is -0.730. The summed E-state index contributed by atoms with van der Waals surface area (Å²) in [7, 11) is 0. The van der Waals surface area contributed by atoms with Gasteiger partial charge in [0, 0.05) is 11.8 Å². The fraction of sp³-hybridized carbons (Fsp3) is 0.917. The molecule has 1 saturated carbocycles. The number of halogens is 2. The monoisotopic (exact) mass is 245 g/mol. The van der Waals surface area contributed by atoms with Crippen LogP contribution in [0.15, 0.2) is 0 Å². The van der Waals surface area contributed by atoms with Gasteiger partial charge >= 0.3 is 0 Å². The van der Waals surface area contributed by atoms with Crippen molar-refractivity contribution in [3.63, 3.8) is 0 Å². The Labute approximate surface area is 99.7 Å². The van der Waals surface area contributed by atoms with E-state index in [1.807, 2.05) is 6.92 Å². The van der Waals surface area contributed by atoms with Gasteiger partial charge in [-0.2, -0.15) is 5.26 Å². The minimum Gasteiger partial charge on any atom is -0.352 e. The highest BCUT2D eigenvalue weighted by molar-refractivity contribution is 4.99. The highest BCUT2D eigenvalue weighted by Gasteiger charge is 2.42. The van der Waals surface area contributed by atoms with Crippen LogP contribution in [0, 0.1) is 29.1 Å². The fourth-order valence-electron chi connectivity index (χ4n) is 2.47. The van der Waals surface area contributed by atoms with Crippen LogP contribution in [0.5, 0.6) is 0 Å². The summed E-state index contributed by atoms with van der Waals surface area (Å²) in [5, 5.41) is 8.67. The van der Waals surface area contributed by atoms with E-state index in [-0.39, 0.29) is 18.8 Å². The first-order chi connectivity index (χ1) is 8.11. The Kier molecular flexibility index (Phi) is 3.95. The van der Waals surface area contributed by atoms with Gasteiger partial charge in [-0.1, -0.05) is 6.92 Å². The molecule has 2 rings (SSSR count). The van der Waals surface area contributed by atoms with Crippen LogP contribution in [0.4, 0.5) is 8.78 Å². The Bertz CT molecular complexity index is 287. The van der Waals surface area contributed by atoms with Gasteiger partial charge in [-0.05, 0) is 12.8 Å². The summed E-state index contributed by atoms with van der Waals surface area (Å²) in [5.41, 5.74) is 0. The Morgan fingerprint density at radius 3 is 2.12 bits per heavy atom. The first-order valence-electron chi connectivity index (χ1n) is 6.02. The maximum absolute atomic E-state index is 13.6. The van der Waals surface area contributed by atoms with Crippen LogP contribution in [-0.2, 0) is 9.47 Å².